The fourth-order valence-corrected chi connectivity index (χ4v) is 3.51. The quantitative estimate of drug-likeness (QED) is 0.688. The van der Waals surface area contributed by atoms with E-state index < -0.39 is 0 Å². The highest BCUT2D eigenvalue weighted by molar-refractivity contribution is 8.00. The molecule has 1 unspecified atom stereocenters. The summed E-state index contributed by atoms with van der Waals surface area (Å²) in [5.74, 6) is 0.226. The van der Waals surface area contributed by atoms with Crippen molar-refractivity contribution in [2.45, 2.75) is 50.7 Å². The predicted molar refractivity (Wildman–Crippen MR) is 110 cm³/mol. The van der Waals surface area contributed by atoms with E-state index in [1.54, 1.807) is 0 Å². The van der Waals surface area contributed by atoms with Gasteiger partial charge in [0.1, 0.15) is 0 Å². The van der Waals surface area contributed by atoms with E-state index in [0.717, 1.165) is 27.4 Å². The van der Waals surface area contributed by atoms with Gasteiger partial charge in [0.2, 0.25) is 11.8 Å². The number of hydrogen-bond donors (Lipinski definition) is 2. The zero-order chi connectivity index (χ0) is 19.3. The maximum Gasteiger partial charge on any atom is 0.237 e. The molecule has 0 aliphatic carbocycles. The van der Waals surface area contributed by atoms with E-state index >= 15 is 0 Å². The molecule has 2 N–H and O–H groups in total. The van der Waals surface area contributed by atoms with Crippen LogP contribution in [-0.2, 0) is 9.59 Å². The molecule has 2 aromatic rings. The summed E-state index contributed by atoms with van der Waals surface area (Å²) in [5.41, 5.74) is 3.89. The number of aryl methyl sites for hydroxylation is 1. The number of hydrogen-bond acceptors (Lipinski definition) is 3. The highest BCUT2D eigenvalue weighted by Crippen LogP contribution is 2.30. The number of thioether (sulfide) groups is 1. The van der Waals surface area contributed by atoms with Crippen molar-refractivity contribution in [1.82, 2.24) is 0 Å². The summed E-state index contributed by atoms with van der Waals surface area (Å²) in [5, 5.41) is 5.60. The number of benzene rings is 2. The molecule has 0 heterocycles. The molecule has 0 fully saturated rings. The molecular formula is C21H26N2O2S. The topological polar surface area (TPSA) is 58.2 Å². The van der Waals surface area contributed by atoms with Crippen LogP contribution in [0.15, 0.2) is 47.4 Å². The van der Waals surface area contributed by atoms with Gasteiger partial charge < -0.3 is 10.6 Å². The molecule has 0 spiro atoms. The fraction of sp³-hybridized carbons (Fsp3) is 0.333. The van der Waals surface area contributed by atoms with E-state index in [1.807, 2.05) is 50.2 Å². The lowest BCUT2D eigenvalue weighted by atomic mass is 9.98. The molecule has 0 aromatic heterocycles. The Hall–Kier alpha value is -2.27. The molecular weight excluding hydrogens is 344 g/mol. The molecule has 4 nitrogen and oxygen atoms in total. The average Bonchev–Trinajstić information content (AvgIpc) is 2.57. The van der Waals surface area contributed by atoms with Gasteiger partial charge in [0.05, 0.1) is 5.25 Å². The lowest BCUT2D eigenvalue weighted by Crippen LogP contribution is -2.23. The van der Waals surface area contributed by atoms with Crippen molar-refractivity contribution in [3.8, 4) is 0 Å². The van der Waals surface area contributed by atoms with Gasteiger partial charge in [0, 0.05) is 23.2 Å². The van der Waals surface area contributed by atoms with Crippen molar-refractivity contribution < 1.29 is 9.59 Å². The maximum atomic E-state index is 12.7. The highest BCUT2D eigenvalue weighted by atomic mass is 32.2. The highest BCUT2D eigenvalue weighted by Gasteiger charge is 2.18. The van der Waals surface area contributed by atoms with E-state index in [9.17, 15) is 9.59 Å². The fourth-order valence-electron chi connectivity index (χ4n) is 2.64. The Morgan fingerprint density at radius 3 is 2.19 bits per heavy atom. The van der Waals surface area contributed by atoms with Crippen molar-refractivity contribution in [1.29, 1.82) is 0 Å². The minimum atomic E-state index is -0.235. The van der Waals surface area contributed by atoms with Gasteiger partial charge >= 0.3 is 0 Å². The Balaban J connectivity index is 2.05. The van der Waals surface area contributed by atoms with Gasteiger partial charge in [0.15, 0.2) is 0 Å². The van der Waals surface area contributed by atoms with Crippen molar-refractivity contribution in [3.63, 3.8) is 0 Å². The zero-order valence-electron chi connectivity index (χ0n) is 15.9. The van der Waals surface area contributed by atoms with E-state index in [1.165, 1.54) is 18.7 Å². The Morgan fingerprint density at radius 1 is 0.962 bits per heavy atom. The summed E-state index contributed by atoms with van der Waals surface area (Å²) >= 11 is 1.49. The van der Waals surface area contributed by atoms with Crippen LogP contribution in [0.2, 0.25) is 0 Å². The van der Waals surface area contributed by atoms with Gasteiger partial charge in [-0.3, -0.25) is 9.59 Å². The van der Waals surface area contributed by atoms with Crippen molar-refractivity contribution in [2.75, 3.05) is 10.6 Å². The standard InChI is InChI=1S/C21H26N2O2S/c1-13(2)19-8-6-7-14(3)20(19)23-21(25)15(4)26-18-11-9-17(10-12-18)22-16(5)24/h6-13,15H,1-5H3,(H,22,24)(H,23,25). The molecule has 0 radical (unpaired) electrons. The van der Waals surface area contributed by atoms with Crippen LogP contribution < -0.4 is 10.6 Å². The van der Waals surface area contributed by atoms with Gasteiger partial charge in [0.25, 0.3) is 0 Å². The first kappa shape index (κ1) is 20.0. The first-order chi connectivity index (χ1) is 12.3. The third kappa shape index (κ3) is 5.36. The summed E-state index contributed by atoms with van der Waals surface area (Å²) in [6, 6.07) is 13.6. The Bertz CT molecular complexity index is 785. The van der Waals surface area contributed by atoms with Crippen LogP contribution in [0.4, 0.5) is 11.4 Å². The van der Waals surface area contributed by atoms with Crippen LogP contribution in [0.25, 0.3) is 0 Å². The number of carbonyl (C=O) groups is 2. The van der Waals surface area contributed by atoms with Gasteiger partial charge in [-0.25, -0.2) is 0 Å². The molecule has 0 saturated carbocycles. The van der Waals surface area contributed by atoms with Crippen LogP contribution in [0.3, 0.4) is 0 Å². The van der Waals surface area contributed by atoms with E-state index in [2.05, 4.69) is 30.5 Å². The minimum absolute atomic E-state index is 0.0165. The van der Waals surface area contributed by atoms with Crippen LogP contribution in [0, 0.1) is 6.92 Å². The summed E-state index contributed by atoms with van der Waals surface area (Å²) in [7, 11) is 0. The lowest BCUT2D eigenvalue weighted by molar-refractivity contribution is -0.115. The molecule has 138 valence electrons. The number of carbonyl (C=O) groups excluding carboxylic acids is 2. The van der Waals surface area contributed by atoms with E-state index in [0.29, 0.717) is 5.92 Å². The molecule has 0 aliphatic rings. The summed E-state index contributed by atoms with van der Waals surface area (Å²) in [4.78, 5) is 24.7. The number of nitrogens with one attached hydrogen (secondary N) is 2. The second kappa shape index (κ2) is 8.90. The molecule has 1 atom stereocenters. The van der Waals surface area contributed by atoms with E-state index in [4.69, 9.17) is 0 Å². The van der Waals surface area contributed by atoms with Crippen molar-refractivity contribution in [2.24, 2.45) is 0 Å². The number of anilines is 2. The monoisotopic (exact) mass is 370 g/mol. The van der Waals surface area contributed by atoms with Gasteiger partial charge in [-0.05, 0) is 55.2 Å². The first-order valence-corrected chi connectivity index (χ1v) is 9.60. The summed E-state index contributed by atoms with van der Waals surface area (Å²) in [6.07, 6.45) is 0. The largest absolute Gasteiger partial charge is 0.326 e. The SMILES string of the molecule is CC(=O)Nc1ccc(SC(C)C(=O)Nc2c(C)cccc2C(C)C)cc1. The van der Waals surface area contributed by atoms with E-state index in [-0.39, 0.29) is 17.1 Å². The van der Waals surface area contributed by atoms with Gasteiger partial charge in [-0.15, -0.1) is 11.8 Å². The molecule has 2 amide bonds. The summed E-state index contributed by atoms with van der Waals surface area (Å²) in [6.45, 7) is 9.64. The zero-order valence-corrected chi connectivity index (χ0v) is 16.7. The molecule has 0 aliphatic heterocycles. The second-order valence-electron chi connectivity index (χ2n) is 6.65. The third-order valence-electron chi connectivity index (χ3n) is 4.03. The molecule has 0 bridgehead atoms. The molecule has 26 heavy (non-hydrogen) atoms. The first-order valence-electron chi connectivity index (χ1n) is 8.72. The van der Waals surface area contributed by atoms with Crippen LogP contribution in [0.5, 0.6) is 0 Å². The third-order valence-corrected chi connectivity index (χ3v) is 5.14. The smallest absolute Gasteiger partial charge is 0.237 e. The Labute approximate surface area is 159 Å². The second-order valence-corrected chi connectivity index (χ2v) is 8.06. The minimum Gasteiger partial charge on any atom is -0.326 e. The predicted octanol–water partition coefficient (Wildman–Crippen LogP) is 5.20. The lowest BCUT2D eigenvalue weighted by Gasteiger charge is -2.18. The van der Waals surface area contributed by atoms with Crippen LogP contribution in [-0.4, -0.2) is 17.1 Å². The maximum absolute atomic E-state index is 12.7. The number of amides is 2. The van der Waals surface area contributed by atoms with Gasteiger partial charge in [-0.1, -0.05) is 32.0 Å². The number of para-hydroxylation sites is 1. The number of rotatable bonds is 6. The molecule has 2 rings (SSSR count). The van der Waals surface area contributed by atoms with Gasteiger partial charge in [-0.2, -0.15) is 0 Å². The van der Waals surface area contributed by atoms with Crippen LogP contribution >= 0.6 is 11.8 Å². The van der Waals surface area contributed by atoms with Crippen molar-refractivity contribution >= 4 is 35.0 Å². The normalized spacial score (nSPS) is 11.9. The van der Waals surface area contributed by atoms with Crippen LogP contribution in [0.1, 0.15) is 44.7 Å². The molecule has 2 aromatic carbocycles. The molecule has 5 heteroatoms. The van der Waals surface area contributed by atoms with Crippen molar-refractivity contribution in [3.05, 3.63) is 53.6 Å². The Morgan fingerprint density at radius 2 is 1.62 bits per heavy atom. The summed E-state index contributed by atoms with van der Waals surface area (Å²) < 4.78 is 0. The molecule has 0 saturated heterocycles. The average molecular weight is 371 g/mol. The Kier molecular flexibility index (Phi) is 6.86.